The highest BCUT2D eigenvalue weighted by Gasteiger charge is 2.68. The van der Waals surface area contributed by atoms with Crippen molar-refractivity contribution in [1.82, 2.24) is 5.32 Å². The summed E-state index contributed by atoms with van der Waals surface area (Å²) in [6, 6.07) is 0. The van der Waals surface area contributed by atoms with Crippen LogP contribution in [0.2, 0.25) is 0 Å². The largest absolute Gasteiger partial charge is 0.480 e. The monoisotopic (exact) mass is 305 g/mol. The Morgan fingerprint density at radius 2 is 1.71 bits per heavy atom. The predicted octanol–water partition coefficient (Wildman–Crippen LogP) is 2.34. The van der Waals surface area contributed by atoms with Gasteiger partial charge in [0.25, 0.3) is 0 Å². The summed E-state index contributed by atoms with van der Waals surface area (Å²) >= 11 is 0. The number of carboxylic acid groups (broad SMARTS) is 1. The fourth-order valence-corrected chi connectivity index (χ4v) is 5.20. The van der Waals surface area contributed by atoms with E-state index in [0.717, 1.165) is 6.42 Å². The van der Waals surface area contributed by atoms with Crippen LogP contribution in [0.1, 0.15) is 38.5 Å². The first-order valence-electron chi connectivity index (χ1n) is 7.23. The molecule has 7 heteroatoms. The van der Waals surface area contributed by atoms with Crippen LogP contribution in [0.5, 0.6) is 0 Å². The quantitative estimate of drug-likeness (QED) is 0.841. The molecule has 0 aromatic carbocycles. The molecule has 0 saturated heterocycles. The molecule has 0 spiro atoms. The molecule has 4 rings (SSSR count). The maximum absolute atomic E-state index is 13.5. The van der Waals surface area contributed by atoms with E-state index in [0.29, 0.717) is 12.8 Å². The van der Waals surface area contributed by atoms with Gasteiger partial charge in [0.1, 0.15) is 6.54 Å². The molecule has 118 valence electrons. The van der Waals surface area contributed by atoms with E-state index in [-0.39, 0.29) is 31.1 Å². The van der Waals surface area contributed by atoms with Crippen LogP contribution < -0.4 is 5.32 Å². The number of hydrogen-bond acceptors (Lipinski definition) is 2. The minimum Gasteiger partial charge on any atom is -0.480 e. The fourth-order valence-electron chi connectivity index (χ4n) is 5.20. The van der Waals surface area contributed by atoms with Crippen LogP contribution in [-0.4, -0.2) is 29.7 Å². The molecule has 4 nitrogen and oxygen atoms in total. The van der Waals surface area contributed by atoms with Gasteiger partial charge >= 0.3 is 12.1 Å². The minimum absolute atomic E-state index is 0.0662. The molecule has 4 fully saturated rings. The summed E-state index contributed by atoms with van der Waals surface area (Å²) in [6.07, 6.45) is -2.52. The van der Waals surface area contributed by atoms with Crippen molar-refractivity contribution < 1.29 is 27.9 Å². The number of halogens is 3. The molecular formula is C14H18F3NO3. The molecule has 4 aliphatic carbocycles. The van der Waals surface area contributed by atoms with E-state index in [4.69, 9.17) is 5.11 Å². The third-order valence-corrected chi connectivity index (χ3v) is 5.54. The van der Waals surface area contributed by atoms with Gasteiger partial charge in [-0.3, -0.25) is 9.59 Å². The summed E-state index contributed by atoms with van der Waals surface area (Å²) in [6.45, 7) is -0.533. The molecule has 4 aliphatic rings. The van der Waals surface area contributed by atoms with Crippen LogP contribution in [0.25, 0.3) is 0 Å². The number of alkyl halides is 3. The third-order valence-electron chi connectivity index (χ3n) is 5.54. The Kier molecular flexibility index (Phi) is 3.05. The molecule has 0 heterocycles. The molecule has 21 heavy (non-hydrogen) atoms. The first kappa shape index (κ1) is 14.7. The number of carboxylic acids is 1. The molecule has 0 aromatic rings. The zero-order valence-electron chi connectivity index (χ0n) is 11.5. The maximum Gasteiger partial charge on any atom is 0.394 e. The second kappa shape index (κ2) is 4.36. The van der Waals surface area contributed by atoms with Crippen LogP contribution in [0.3, 0.4) is 0 Å². The highest BCUT2D eigenvalue weighted by Crippen LogP contribution is 2.69. The van der Waals surface area contributed by atoms with E-state index in [9.17, 15) is 22.8 Å². The van der Waals surface area contributed by atoms with Gasteiger partial charge in [-0.1, -0.05) is 0 Å². The van der Waals surface area contributed by atoms with E-state index in [1.165, 1.54) is 0 Å². The standard InChI is InChI=1S/C14H18F3NO3/c15-14(16,17)13-4-8-1-9(5-13)3-12(2-8,7-13)11(21)18-6-10(19)20/h8-9H,1-7H2,(H,18,21)(H,19,20). The zero-order valence-corrected chi connectivity index (χ0v) is 11.5. The highest BCUT2D eigenvalue weighted by molar-refractivity contribution is 5.86. The summed E-state index contributed by atoms with van der Waals surface area (Å²) in [5, 5.41) is 10.9. The molecule has 2 N–H and O–H groups in total. The van der Waals surface area contributed by atoms with Gasteiger partial charge in [-0.25, -0.2) is 0 Å². The zero-order chi connectivity index (χ0) is 15.5. The van der Waals surface area contributed by atoms with Crippen molar-refractivity contribution in [3.05, 3.63) is 0 Å². The average molecular weight is 305 g/mol. The van der Waals surface area contributed by atoms with Crippen molar-refractivity contribution in [3.63, 3.8) is 0 Å². The van der Waals surface area contributed by atoms with E-state index >= 15 is 0 Å². The Morgan fingerprint density at radius 3 is 2.19 bits per heavy atom. The lowest BCUT2D eigenvalue weighted by Crippen LogP contribution is -2.61. The van der Waals surface area contributed by atoms with E-state index in [1.807, 2.05) is 0 Å². The van der Waals surface area contributed by atoms with Crippen molar-refractivity contribution in [2.75, 3.05) is 6.54 Å². The van der Waals surface area contributed by atoms with E-state index < -0.39 is 35.4 Å². The normalized spacial score (nSPS) is 41.1. The average Bonchev–Trinajstić information content (AvgIpc) is 2.32. The van der Waals surface area contributed by atoms with Gasteiger partial charge in [-0.2, -0.15) is 13.2 Å². The fraction of sp³-hybridized carbons (Fsp3) is 0.857. The molecule has 0 aliphatic heterocycles. The molecule has 1 amide bonds. The first-order chi connectivity index (χ1) is 9.66. The number of nitrogens with one attached hydrogen (secondary N) is 1. The lowest BCUT2D eigenvalue weighted by molar-refractivity contribution is -0.283. The third kappa shape index (κ3) is 2.21. The number of carbonyl (C=O) groups is 2. The second-order valence-corrected chi connectivity index (χ2v) is 7.10. The molecule has 0 radical (unpaired) electrons. The van der Waals surface area contributed by atoms with Gasteiger partial charge in [0.2, 0.25) is 5.91 Å². The number of rotatable bonds is 3. The highest BCUT2D eigenvalue weighted by atomic mass is 19.4. The molecule has 2 atom stereocenters. The Morgan fingerprint density at radius 1 is 1.14 bits per heavy atom. The van der Waals surface area contributed by atoms with Crippen molar-refractivity contribution in [1.29, 1.82) is 0 Å². The van der Waals surface area contributed by atoms with Gasteiger partial charge in [0.15, 0.2) is 0 Å². The SMILES string of the molecule is O=C(O)CNC(=O)C12CC3CC(C1)CC(C(F)(F)F)(C3)C2. The Balaban J connectivity index is 1.87. The number of aliphatic carboxylic acids is 1. The van der Waals surface area contributed by atoms with Gasteiger partial charge < -0.3 is 10.4 Å². The smallest absolute Gasteiger partial charge is 0.394 e. The Bertz CT molecular complexity index is 474. The summed E-state index contributed by atoms with van der Waals surface area (Å²) in [5.41, 5.74) is -2.76. The molecular weight excluding hydrogens is 287 g/mol. The van der Waals surface area contributed by atoms with Crippen LogP contribution in [-0.2, 0) is 9.59 Å². The van der Waals surface area contributed by atoms with E-state index in [1.54, 1.807) is 0 Å². The lowest BCUT2D eigenvalue weighted by Gasteiger charge is -2.61. The molecule has 4 bridgehead atoms. The Labute approximate surface area is 120 Å². The summed E-state index contributed by atoms with van der Waals surface area (Å²) in [5.74, 6) is -1.82. The van der Waals surface area contributed by atoms with Crippen molar-refractivity contribution >= 4 is 11.9 Å². The lowest BCUT2D eigenvalue weighted by atomic mass is 9.43. The van der Waals surface area contributed by atoms with Gasteiger partial charge in [0.05, 0.1) is 10.8 Å². The van der Waals surface area contributed by atoms with Crippen LogP contribution in [0, 0.1) is 22.7 Å². The van der Waals surface area contributed by atoms with Crippen LogP contribution in [0.15, 0.2) is 0 Å². The number of hydrogen-bond donors (Lipinski definition) is 2. The topological polar surface area (TPSA) is 66.4 Å². The van der Waals surface area contributed by atoms with Crippen LogP contribution in [0.4, 0.5) is 13.2 Å². The maximum atomic E-state index is 13.5. The minimum atomic E-state index is -4.29. The predicted molar refractivity (Wildman–Crippen MR) is 66.2 cm³/mol. The summed E-state index contributed by atoms with van der Waals surface area (Å²) in [4.78, 5) is 22.9. The van der Waals surface area contributed by atoms with Gasteiger partial charge in [-0.15, -0.1) is 0 Å². The summed E-state index contributed by atoms with van der Waals surface area (Å²) in [7, 11) is 0. The van der Waals surface area contributed by atoms with Crippen LogP contribution >= 0.6 is 0 Å². The van der Waals surface area contributed by atoms with Gasteiger partial charge in [0, 0.05) is 0 Å². The van der Waals surface area contributed by atoms with Gasteiger partial charge in [-0.05, 0) is 50.4 Å². The Hall–Kier alpha value is -1.27. The van der Waals surface area contributed by atoms with Crippen molar-refractivity contribution in [2.45, 2.75) is 44.7 Å². The number of carbonyl (C=O) groups excluding carboxylic acids is 1. The number of amides is 1. The molecule has 4 saturated carbocycles. The second-order valence-electron chi connectivity index (χ2n) is 7.10. The van der Waals surface area contributed by atoms with Crippen molar-refractivity contribution in [2.24, 2.45) is 22.7 Å². The summed E-state index contributed by atoms with van der Waals surface area (Å²) < 4.78 is 40.6. The van der Waals surface area contributed by atoms with Crippen molar-refractivity contribution in [3.8, 4) is 0 Å². The van der Waals surface area contributed by atoms with E-state index in [2.05, 4.69) is 5.32 Å². The first-order valence-corrected chi connectivity index (χ1v) is 7.23. The molecule has 0 aromatic heterocycles. The molecule has 2 unspecified atom stereocenters.